The maximum atomic E-state index is 12.7. The maximum absolute atomic E-state index is 12.7. The zero-order chi connectivity index (χ0) is 20.4. The zero-order valence-corrected chi connectivity index (χ0v) is 16.6. The molecule has 0 aromatic heterocycles. The van der Waals surface area contributed by atoms with Gasteiger partial charge in [-0.2, -0.15) is 0 Å². The number of amides is 1. The van der Waals surface area contributed by atoms with E-state index in [0.717, 1.165) is 16.9 Å². The highest BCUT2D eigenvalue weighted by atomic mass is 16.5. The van der Waals surface area contributed by atoms with E-state index in [4.69, 9.17) is 9.47 Å². The molecule has 0 spiro atoms. The smallest absolute Gasteiger partial charge is 0.307 e. The van der Waals surface area contributed by atoms with Gasteiger partial charge >= 0.3 is 5.97 Å². The molecule has 0 radical (unpaired) electrons. The zero-order valence-electron chi connectivity index (χ0n) is 16.6. The Balaban J connectivity index is 2.09. The second-order valence-corrected chi connectivity index (χ2v) is 6.64. The maximum Gasteiger partial charge on any atom is 0.307 e. The lowest BCUT2D eigenvalue weighted by atomic mass is 10.1. The number of carbonyl (C=O) groups excluding carboxylic acids is 2. The lowest BCUT2D eigenvalue weighted by Gasteiger charge is -2.21. The fraction of sp³-hybridized carbons (Fsp3) is 0.304. The van der Waals surface area contributed by atoms with Gasteiger partial charge in [-0.3, -0.25) is 9.59 Å². The minimum atomic E-state index is -0.339. The molecule has 2 aromatic carbocycles. The molecule has 1 amide bonds. The van der Waals surface area contributed by atoms with Crippen LogP contribution in [0.1, 0.15) is 31.4 Å². The van der Waals surface area contributed by atoms with Crippen molar-refractivity contribution in [1.29, 1.82) is 0 Å². The molecule has 0 saturated carbocycles. The molecule has 0 heterocycles. The van der Waals surface area contributed by atoms with Crippen molar-refractivity contribution in [2.24, 2.45) is 0 Å². The number of rotatable bonds is 9. The minimum Gasteiger partial charge on any atom is -0.491 e. The number of carbonyl (C=O) groups is 2. The predicted molar refractivity (Wildman–Crippen MR) is 110 cm³/mol. The molecule has 0 aliphatic carbocycles. The molecule has 0 fully saturated rings. The largest absolute Gasteiger partial charge is 0.491 e. The number of hydrogen-bond acceptors (Lipinski definition) is 4. The fourth-order valence-electron chi connectivity index (χ4n) is 2.64. The Hall–Kier alpha value is -3.08. The molecular weight excluding hydrogens is 354 g/mol. The van der Waals surface area contributed by atoms with Crippen LogP contribution in [0.25, 0.3) is 6.08 Å². The molecule has 0 N–H and O–H groups in total. The summed E-state index contributed by atoms with van der Waals surface area (Å²) in [5.41, 5.74) is 1.88. The van der Waals surface area contributed by atoms with Crippen molar-refractivity contribution in [3.63, 3.8) is 0 Å². The van der Waals surface area contributed by atoms with Crippen LogP contribution in [0.3, 0.4) is 0 Å². The van der Waals surface area contributed by atoms with Gasteiger partial charge in [0.25, 0.3) is 0 Å². The van der Waals surface area contributed by atoms with E-state index in [1.807, 2.05) is 68.4 Å². The lowest BCUT2D eigenvalue weighted by Crippen LogP contribution is -2.31. The van der Waals surface area contributed by atoms with Crippen LogP contribution in [0, 0.1) is 0 Å². The molecule has 0 unspecified atom stereocenters. The van der Waals surface area contributed by atoms with E-state index in [1.165, 1.54) is 13.2 Å². The summed E-state index contributed by atoms with van der Waals surface area (Å²) in [6.07, 6.45) is 3.52. The third-order valence-electron chi connectivity index (χ3n) is 3.99. The van der Waals surface area contributed by atoms with Gasteiger partial charge in [0.15, 0.2) is 0 Å². The highest BCUT2D eigenvalue weighted by Crippen LogP contribution is 2.16. The van der Waals surface area contributed by atoms with Crippen molar-refractivity contribution in [2.75, 3.05) is 13.7 Å². The van der Waals surface area contributed by atoms with Gasteiger partial charge in [0, 0.05) is 19.2 Å². The first-order valence-corrected chi connectivity index (χ1v) is 9.32. The lowest BCUT2D eigenvalue weighted by molar-refractivity contribution is -0.141. The highest BCUT2D eigenvalue weighted by Gasteiger charge is 2.13. The first kappa shape index (κ1) is 21.2. The molecule has 148 valence electrons. The van der Waals surface area contributed by atoms with Gasteiger partial charge in [-0.15, -0.1) is 0 Å². The van der Waals surface area contributed by atoms with Crippen LogP contribution in [-0.4, -0.2) is 36.5 Å². The first-order chi connectivity index (χ1) is 13.5. The van der Waals surface area contributed by atoms with Gasteiger partial charge in [0.05, 0.1) is 19.6 Å². The van der Waals surface area contributed by atoms with Crippen molar-refractivity contribution < 1.29 is 19.1 Å². The van der Waals surface area contributed by atoms with Gasteiger partial charge in [-0.05, 0) is 43.2 Å². The van der Waals surface area contributed by atoms with Crippen molar-refractivity contribution in [3.05, 3.63) is 71.8 Å². The molecule has 2 rings (SSSR count). The van der Waals surface area contributed by atoms with Crippen LogP contribution < -0.4 is 4.74 Å². The summed E-state index contributed by atoms with van der Waals surface area (Å²) >= 11 is 0. The monoisotopic (exact) mass is 381 g/mol. The van der Waals surface area contributed by atoms with Crippen LogP contribution in [0.2, 0.25) is 0 Å². The Labute approximate surface area is 166 Å². The molecule has 0 aliphatic rings. The fourth-order valence-corrected chi connectivity index (χ4v) is 2.64. The van der Waals surface area contributed by atoms with Crippen molar-refractivity contribution in [3.8, 4) is 5.75 Å². The summed E-state index contributed by atoms with van der Waals surface area (Å²) in [5, 5.41) is 0. The first-order valence-electron chi connectivity index (χ1n) is 9.32. The molecule has 2 aromatic rings. The number of hydrogen-bond donors (Lipinski definition) is 0. The number of methoxy groups -OCH3 is 1. The second-order valence-electron chi connectivity index (χ2n) is 6.64. The standard InChI is InChI=1S/C23H27NO4/c1-18(2)28-21-11-7-10-19(16-21)12-13-22(25)24(15-14-23(26)27-3)17-20-8-5-4-6-9-20/h4-13,16,18H,14-15,17H2,1-3H3/b13-12+. The van der Waals surface area contributed by atoms with Gasteiger partial charge in [0.2, 0.25) is 5.91 Å². The normalized spacial score (nSPS) is 10.9. The third-order valence-corrected chi connectivity index (χ3v) is 3.99. The minimum absolute atomic E-state index is 0.0838. The van der Waals surface area contributed by atoms with Crippen LogP contribution in [0.5, 0.6) is 5.75 Å². The number of benzene rings is 2. The molecule has 0 bridgehead atoms. The number of esters is 1. The van der Waals surface area contributed by atoms with E-state index >= 15 is 0 Å². The summed E-state index contributed by atoms with van der Waals surface area (Å²) in [6.45, 7) is 4.66. The SMILES string of the molecule is COC(=O)CCN(Cc1ccccc1)C(=O)/C=C/c1cccc(OC(C)C)c1. The third kappa shape index (κ3) is 7.27. The Kier molecular flexibility index (Phi) is 8.28. The summed E-state index contributed by atoms with van der Waals surface area (Å²) in [5.74, 6) is 0.257. The summed E-state index contributed by atoms with van der Waals surface area (Å²) < 4.78 is 10.4. The van der Waals surface area contributed by atoms with E-state index in [0.29, 0.717) is 13.1 Å². The summed E-state index contributed by atoms with van der Waals surface area (Å²) in [7, 11) is 1.35. The van der Waals surface area contributed by atoms with E-state index in [-0.39, 0.29) is 24.4 Å². The van der Waals surface area contributed by atoms with Crippen molar-refractivity contribution >= 4 is 18.0 Å². The van der Waals surface area contributed by atoms with Gasteiger partial charge < -0.3 is 14.4 Å². The molecule has 5 nitrogen and oxygen atoms in total. The number of nitrogens with zero attached hydrogens (tertiary/aromatic N) is 1. The highest BCUT2D eigenvalue weighted by molar-refractivity contribution is 5.92. The molecule has 0 aliphatic heterocycles. The Morgan fingerprint density at radius 2 is 1.82 bits per heavy atom. The Bertz CT molecular complexity index is 799. The molecule has 5 heteroatoms. The van der Waals surface area contributed by atoms with Gasteiger partial charge in [0.1, 0.15) is 5.75 Å². The van der Waals surface area contributed by atoms with E-state index < -0.39 is 0 Å². The average molecular weight is 381 g/mol. The van der Waals surface area contributed by atoms with Crippen LogP contribution in [0.15, 0.2) is 60.7 Å². The van der Waals surface area contributed by atoms with E-state index in [9.17, 15) is 9.59 Å². The van der Waals surface area contributed by atoms with Crippen molar-refractivity contribution in [2.45, 2.75) is 32.9 Å². The molecule has 28 heavy (non-hydrogen) atoms. The molecule has 0 saturated heterocycles. The quantitative estimate of drug-likeness (QED) is 0.485. The predicted octanol–water partition coefficient (Wildman–Crippen LogP) is 4.08. The Morgan fingerprint density at radius 3 is 2.50 bits per heavy atom. The average Bonchev–Trinajstić information content (AvgIpc) is 2.69. The molecule has 0 atom stereocenters. The Morgan fingerprint density at radius 1 is 1.07 bits per heavy atom. The van der Waals surface area contributed by atoms with Gasteiger partial charge in [-0.25, -0.2) is 0 Å². The number of ether oxygens (including phenoxy) is 2. The summed E-state index contributed by atoms with van der Waals surface area (Å²) in [4.78, 5) is 25.9. The van der Waals surface area contributed by atoms with Crippen LogP contribution in [0.4, 0.5) is 0 Å². The van der Waals surface area contributed by atoms with Crippen molar-refractivity contribution in [1.82, 2.24) is 4.90 Å². The second kappa shape index (κ2) is 10.9. The molecular formula is C23H27NO4. The topological polar surface area (TPSA) is 55.8 Å². The summed E-state index contributed by atoms with van der Waals surface area (Å²) in [6, 6.07) is 17.3. The van der Waals surface area contributed by atoms with Crippen LogP contribution in [-0.2, 0) is 20.9 Å². The van der Waals surface area contributed by atoms with Crippen LogP contribution >= 0.6 is 0 Å². The van der Waals surface area contributed by atoms with E-state index in [2.05, 4.69) is 0 Å². The van der Waals surface area contributed by atoms with Gasteiger partial charge in [-0.1, -0.05) is 42.5 Å². The van der Waals surface area contributed by atoms with E-state index in [1.54, 1.807) is 11.0 Å².